The number of nitrogens with zero attached hydrogens (tertiary/aromatic N) is 3. The van der Waals surface area contributed by atoms with Crippen LogP contribution in [0.2, 0.25) is 0 Å². The van der Waals surface area contributed by atoms with Crippen LogP contribution in [0.1, 0.15) is 12.5 Å². The van der Waals surface area contributed by atoms with Gasteiger partial charge in [-0.1, -0.05) is 23.4 Å². The van der Waals surface area contributed by atoms with Crippen molar-refractivity contribution in [3.63, 3.8) is 0 Å². The van der Waals surface area contributed by atoms with E-state index in [0.29, 0.717) is 12.4 Å². The predicted molar refractivity (Wildman–Crippen MR) is 101 cm³/mol. The van der Waals surface area contributed by atoms with E-state index < -0.39 is 0 Å². The molecular formula is C20H21N3O3. The van der Waals surface area contributed by atoms with Crippen molar-refractivity contribution in [2.45, 2.75) is 6.92 Å². The highest BCUT2D eigenvalue weighted by Gasteiger charge is 2.16. The normalized spacial score (nSPS) is 10.9. The summed E-state index contributed by atoms with van der Waals surface area (Å²) >= 11 is 0. The number of ether oxygens (including phenoxy) is 2. The molecule has 0 spiro atoms. The lowest BCUT2D eigenvalue weighted by molar-refractivity contribution is 0.160. The van der Waals surface area contributed by atoms with E-state index in [-0.39, 0.29) is 0 Å². The highest BCUT2D eigenvalue weighted by molar-refractivity contribution is 5.90. The van der Waals surface area contributed by atoms with Gasteiger partial charge in [0.15, 0.2) is 0 Å². The third-order valence-corrected chi connectivity index (χ3v) is 3.82. The third kappa shape index (κ3) is 3.69. The summed E-state index contributed by atoms with van der Waals surface area (Å²) in [6.45, 7) is 2.39. The molecule has 1 heterocycles. The molecule has 0 unspecified atom stereocenters. The zero-order valence-corrected chi connectivity index (χ0v) is 15.0. The average molecular weight is 351 g/mol. The molecule has 0 radical (unpaired) electrons. The summed E-state index contributed by atoms with van der Waals surface area (Å²) in [4.78, 5) is 5.12. The summed E-state index contributed by atoms with van der Waals surface area (Å²) in [7, 11) is 3.26. The smallest absolute Gasteiger partial charge is 0.128 e. The number of methoxy groups -OCH3 is 2. The third-order valence-electron chi connectivity index (χ3n) is 3.82. The number of aromatic nitrogens is 2. The minimum atomic E-state index is 0.501. The second-order valence-corrected chi connectivity index (χ2v) is 5.43. The SMILES string of the molecule is CCO/N=C/c1cn(-c2ccccc2)nc1-c1cc(OC)ccc1OC. The van der Waals surface area contributed by atoms with Crippen molar-refractivity contribution in [1.82, 2.24) is 9.78 Å². The first-order chi connectivity index (χ1) is 12.8. The Balaban J connectivity index is 2.14. The van der Waals surface area contributed by atoms with Crippen molar-refractivity contribution >= 4 is 6.21 Å². The van der Waals surface area contributed by atoms with Crippen LogP contribution in [-0.4, -0.2) is 36.8 Å². The Morgan fingerprint density at radius 2 is 1.88 bits per heavy atom. The van der Waals surface area contributed by atoms with Crippen LogP contribution >= 0.6 is 0 Å². The fourth-order valence-corrected chi connectivity index (χ4v) is 2.57. The van der Waals surface area contributed by atoms with E-state index in [9.17, 15) is 0 Å². The number of oxime groups is 1. The fourth-order valence-electron chi connectivity index (χ4n) is 2.57. The molecule has 26 heavy (non-hydrogen) atoms. The molecule has 0 fully saturated rings. The number of hydrogen-bond acceptors (Lipinski definition) is 5. The number of benzene rings is 2. The molecule has 6 heteroatoms. The summed E-state index contributed by atoms with van der Waals surface area (Å²) < 4.78 is 12.7. The lowest BCUT2D eigenvalue weighted by atomic mass is 10.1. The van der Waals surface area contributed by atoms with Gasteiger partial charge in [-0.2, -0.15) is 5.10 Å². The molecule has 0 aliphatic carbocycles. The topological polar surface area (TPSA) is 57.9 Å². The first-order valence-corrected chi connectivity index (χ1v) is 8.29. The number of para-hydroxylation sites is 1. The van der Waals surface area contributed by atoms with Gasteiger partial charge in [0.25, 0.3) is 0 Å². The van der Waals surface area contributed by atoms with E-state index in [0.717, 1.165) is 28.3 Å². The molecule has 0 amide bonds. The Morgan fingerprint density at radius 3 is 2.58 bits per heavy atom. The van der Waals surface area contributed by atoms with Crippen LogP contribution in [0.25, 0.3) is 16.9 Å². The molecule has 0 atom stereocenters. The van der Waals surface area contributed by atoms with Crippen molar-refractivity contribution in [2.75, 3.05) is 20.8 Å². The lowest BCUT2D eigenvalue weighted by Crippen LogP contribution is -1.95. The van der Waals surface area contributed by atoms with E-state index in [1.807, 2.05) is 66.3 Å². The van der Waals surface area contributed by atoms with Crippen LogP contribution in [-0.2, 0) is 4.84 Å². The van der Waals surface area contributed by atoms with Crippen molar-refractivity contribution in [3.05, 3.63) is 60.3 Å². The highest BCUT2D eigenvalue weighted by Crippen LogP contribution is 2.34. The first kappa shape index (κ1) is 17.5. The zero-order valence-electron chi connectivity index (χ0n) is 15.0. The summed E-state index contributed by atoms with van der Waals surface area (Å²) in [5.41, 5.74) is 3.31. The second-order valence-electron chi connectivity index (χ2n) is 5.43. The van der Waals surface area contributed by atoms with Crippen molar-refractivity contribution in [2.24, 2.45) is 5.16 Å². The molecule has 0 saturated carbocycles. The van der Waals surface area contributed by atoms with Gasteiger partial charge >= 0.3 is 0 Å². The van der Waals surface area contributed by atoms with Gasteiger partial charge in [-0.15, -0.1) is 0 Å². The van der Waals surface area contributed by atoms with Crippen molar-refractivity contribution < 1.29 is 14.3 Å². The maximum Gasteiger partial charge on any atom is 0.128 e. The second kappa shape index (κ2) is 8.20. The average Bonchev–Trinajstić information content (AvgIpc) is 3.12. The first-order valence-electron chi connectivity index (χ1n) is 8.29. The molecule has 1 aromatic heterocycles. The Kier molecular flexibility index (Phi) is 5.53. The largest absolute Gasteiger partial charge is 0.497 e. The van der Waals surface area contributed by atoms with Crippen LogP contribution in [0.4, 0.5) is 0 Å². The predicted octanol–water partition coefficient (Wildman–Crippen LogP) is 3.93. The van der Waals surface area contributed by atoms with Crippen LogP contribution < -0.4 is 9.47 Å². The number of rotatable bonds is 7. The molecule has 3 rings (SSSR count). The van der Waals surface area contributed by atoms with Crippen LogP contribution in [0, 0.1) is 0 Å². The quantitative estimate of drug-likeness (QED) is 0.478. The van der Waals surface area contributed by atoms with Gasteiger partial charge in [-0.05, 0) is 37.3 Å². The Morgan fingerprint density at radius 1 is 1.08 bits per heavy atom. The van der Waals surface area contributed by atoms with Crippen molar-refractivity contribution in [1.29, 1.82) is 0 Å². The molecule has 0 N–H and O–H groups in total. The van der Waals surface area contributed by atoms with E-state index in [1.165, 1.54) is 0 Å². The van der Waals surface area contributed by atoms with Crippen LogP contribution in [0.3, 0.4) is 0 Å². The Labute approximate surface area is 152 Å². The Hall–Kier alpha value is -3.28. The van der Waals surface area contributed by atoms with Gasteiger partial charge in [0, 0.05) is 17.3 Å². The molecule has 3 aromatic rings. The summed E-state index contributed by atoms with van der Waals surface area (Å²) in [5.74, 6) is 1.43. The Bertz CT molecular complexity index is 889. The minimum Gasteiger partial charge on any atom is -0.497 e. The van der Waals surface area contributed by atoms with Crippen molar-refractivity contribution in [3.8, 4) is 28.4 Å². The van der Waals surface area contributed by atoms with E-state index in [2.05, 4.69) is 5.16 Å². The maximum absolute atomic E-state index is 5.51. The maximum atomic E-state index is 5.51. The number of hydrogen-bond donors (Lipinski definition) is 0. The lowest BCUT2D eigenvalue weighted by Gasteiger charge is -2.09. The van der Waals surface area contributed by atoms with Crippen LogP contribution in [0.15, 0.2) is 59.9 Å². The summed E-state index contributed by atoms with van der Waals surface area (Å²) in [5, 5.41) is 8.75. The monoisotopic (exact) mass is 351 g/mol. The summed E-state index contributed by atoms with van der Waals surface area (Å²) in [6, 6.07) is 15.5. The molecule has 134 valence electrons. The van der Waals surface area contributed by atoms with Gasteiger partial charge < -0.3 is 14.3 Å². The standard InChI is InChI=1S/C20H21N3O3/c1-4-26-21-13-15-14-23(16-8-6-5-7-9-16)22-20(15)18-12-17(24-2)10-11-19(18)25-3/h5-14H,4H2,1-3H3/b21-13+. The van der Waals surface area contributed by atoms with Gasteiger partial charge in [0.1, 0.15) is 23.8 Å². The van der Waals surface area contributed by atoms with Gasteiger partial charge in [0.05, 0.1) is 26.1 Å². The highest BCUT2D eigenvalue weighted by atomic mass is 16.6. The molecule has 0 bridgehead atoms. The van der Waals surface area contributed by atoms with Crippen LogP contribution in [0.5, 0.6) is 11.5 Å². The van der Waals surface area contributed by atoms with Gasteiger partial charge in [-0.3, -0.25) is 0 Å². The van der Waals surface area contributed by atoms with E-state index in [1.54, 1.807) is 20.4 Å². The van der Waals surface area contributed by atoms with Gasteiger partial charge in [0.2, 0.25) is 0 Å². The molecule has 6 nitrogen and oxygen atoms in total. The molecule has 2 aromatic carbocycles. The van der Waals surface area contributed by atoms with E-state index >= 15 is 0 Å². The summed E-state index contributed by atoms with van der Waals surface area (Å²) in [6.07, 6.45) is 3.57. The molecule has 0 saturated heterocycles. The molecule has 0 aliphatic heterocycles. The van der Waals surface area contributed by atoms with E-state index in [4.69, 9.17) is 19.4 Å². The zero-order chi connectivity index (χ0) is 18.4. The molecular weight excluding hydrogens is 330 g/mol. The van der Waals surface area contributed by atoms with Gasteiger partial charge in [-0.25, -0.2) is 4.68 Å². The molecule has 0 aliphatic rings. The minimum absolute atomic E-state index is 0.501. The fraction of sp³-hybridized carbons (Fsp3) is 0.200.